The smallest absolute Gasteiger partial charge is 0.165 e. The van der Waals surface area contributed by atoms with Crippen LogP contribution in [-0.2, 0) is 12.8 Å². The van der Waals surface area contributed by atoms with Crippen molar-refractivity contribution in [1.82, 2.24) is 4.57 Å². The molecule has 3 aromatic rings. The quantitative estimate of drug-likeness (QED) is 0.509. The van der Waals surface area contributed by atoms with Crippen molar-refractivity contribution in [2.45, 2.75) is 40.0 Å². The van der Waals surface area contributed by atoms with Crippen LogP contribution in [0.15, 0.2) is 54.6 Å². The lowest BCUT2D eigenvalue weighted by molar-refractivity contribution is 0.0911. The lowest BCUT2D eigenvalue weighted by Crippen LogP contribution is -2.27. The molecule has 0 fully saturated rings. The molecule has 0 aliphatic heterocycles. The van der Waals surface area contributed by atoms with Crippen LogP contribution in [0.3, 0.4) is 0 Å². The number of aryl methyl sites for hydroxylation is 1. The van der Waals surface area contributed by atoms with Gasteiger partial charge >= 0.3 is 0 Å². The summed E-state index contributed by atoms with van der Waals surface area (Å²) in [4.78, 5) is 12.8. The van der Waals surface area contributed by atoms with Crippen LogP contribution in [0.5, 0.6) is 0 Å². The molecule has 0 saturated heterocycles. The molecule has 3 heteroatoms. The molecule has 0 bridgehead atoms. The Bertz CT molecular complexity index is 994. The van der Waals surface area contributed by atoms with E-state index in [4.69, 9.17) is 11.6 Å². The van der Waals surface area contributed by atoms with E-state index in [2.05, 4.69) is 55.7 Å². The summed E-state index contributed by atoms with van der Waals surface area (Å²) in [6.45, 7) is 6.51. The summed E-state index contributed by atoms with van der Waals surface area (Å²) in [6.07, 6.45) is 2.50. The summed E-state index contributed by atoms with van der Waals surface area (Å²) in [5, 5.41) is 0.714. The highest BCUT2D eigenvalue weighted by Gasteiger charge is 2.34. The van der Waals surface area contributed by atoms with Crippen LogP contribution >= 0.6 is 11.6 Å². The number of hydrogen-bond acceptors (Lipinski definition) is 1. The van der Waals surface area contributed by atoms with Gasteiger partial charge in [0.25, 0.3) is 0 Å². The first-order valence-corrected chi connectivity index (χ1v) is 9.89. The van der Waals surface area contributed by atoms with Crippen molar-refractivity contribution in [3.05, 3.63) is 76.4 Å². The Morgan fingerprint density at radius 1 is 1.00 bits per heavy atom. The number of carbonyl (C=O) groups excluding carboxylic acids is 1. The Morgan fingerprint density at radius 3 is 2.30 bits per heavy atom. The van der Waals surface area contributed by atoms with Gasteiger partial charge in [-0.3, -0.25) is 4.79 Å². The number of Topliss-reactive ketones (excluding diaryl/α,β-unsaturated/α-hetero) is 1. The number of benzene rings is 2. The van der Waals surface area contributed by atoms with E-state index in [0.717, 1.165) is 41.0 Å². The Balaban J connectivity index is 1.95. The number of carbonyl (C=O) groups is 1. The third kappa shape index (κ3) is 3.35. The first kappa shape index (κ1) is 18.1. The molecule has 2 nitrogen and oxygen atoms in total. The molecule has 0 N–H and O–H groups in total. The molecule has 138 valence electrons. The van der Waals surface area contributed by atoms with Gasteiger partial charge < -0.3 is 4.57 Å². The normalized spacial score (nSPS) is 15.6. The number of ketones is 1. The van der Waals surface area contributed by atoms with E-state index in [-0.39, 0.29) is 11.2 Å². The molecule has 0 amide bonds. The number of hydrogen-bond donors (Lipinski definition) is 0. The van der Waals surface area contributed by atoms with Gasteiger partial charge in [-0.25, -0.2) is 0 Å². The Labute approximate surface area is 165 Å². The van der Waals surface area contributed by atoms with E-state index < -0.39 is 0 Å². The minimum atomic E-state index is -0.0270. The van der Waals surface area contributed by atoms with Gasteiger partial charge in [0.1, 0.15) is 0 Å². The fraction of sp³-hybridized carbons (Fsp3) is 0.292. The molecule has 1 heterocycles. The molecule has 0 atom stereocenters. The fourth-order valence-corrected chi connectivity index (χ4v) is 4.15. The molecule has 4 rings (SSSR count). The number of nitrogens with zero attached hydrogens (tertiary/aromatic N) is 1. The van der Waals surface area contributed by atoms with Crippen LogP contribution in [0, 0.1) is 5.41 Å². The Hall–Kier alpha value is -2.32. The molecular formula is C24H24ClNO. The summed E-state index contributed by atoms with van der Waals surface area (Å²) in [5.74, 6) is 0.236. The summed E-state index contributed by atoms with van der Waals surface area (Å²) in [6, 6.07) is 18.6. The molecular weight excluding hydrogens is 354 g/mol. The van der Waals surface area contributed by atoms with E-state index in [9.17, 15) is 4.79 Å². The summed E-state index contributed by atoms with van der Waals surface area (Å²) in [7, 11) is 0. The van der Waals surface area contributed by atoms with Crippen molar-refractivity contribution in [3.63, 3.8) is 0 Å². The zero-order valence-corrected chi connectivity index (χ0v) is 16.8. The lowest BCUT2D eigenvalue weighted by Gasteiger charge is -2.30. The minimum absolute atomic E-state index is 0.0270. The van der Waals surface area contributed by atoms with Crippen LogP contribution in [-0.4, -0.2) is 10.4 Å². The average Bonchev–Trinajstić information content (AvgIpc) is 3.01. The number of rotatable bonds is 3. The third-order valence-electron chi connectivity index (χ3n) is 5.43. The summed E-state index contributed by atoms with van der Waals surface area (Å²) in [5.41, 5.74) is 6.48. The molecule has 2 aromatic carbocycles. The van der Waals surface area contributed by atoms with Gasteiger partial charge in [-0.15, -0.1) is 0 Å². The van der Waals surface area contributed by atoms with Crippen LogP contribution < -0.4 is 0 Å². The Kier molecular flexibility index (Phi) is 4.47. The van der Waals surface area contributed by atoms with Crippen molar-refractivity contribution < 1.29 is 4.79 Å². The van der Waals surface area contributed by atoms with E-state index in [1.807, 2.05) is 24.3 Å². The highest BCUT2D eigenvalue weighted by molar-refractivity contribution is 6.30. The molecule has 0 spiro atoms. The fourth-order valence-electron chi connectivity index (χ4n) is 4.02. The second-order valence-corrected chi connectivity index (χ2v) is 8.63. The highest BCUT2D eigenvalue weighted by Crippen LogP contribution is 2.40. The molecule has 1 aliphatic carbocycles. The zero-order valence-electron chi connectivity index (χ0n) is 16.1. The highest BCUT2D eigenvalue weighted by atomic mass is 35.5. The second kappa shape index (κ2) is 6.69. The average molecular weight is 378 g/mol. The van der Waals surface area contributed by atoms with Crippen molar-refractivity contribution >= 4 is 17.4 Å². The van der Waals surface area contributed by atoms with E-state index in [1.54, 1.807) is 0 Å². The monoisotopic (exact) mass is 377 g/mol. The maximum Gasteiger partial charge on any atom is 0.165 e. The zero-order chi connectivity index (χ0) is 19.2. The topological polar surface area (TPSA) is 22.0 Å². The first-order valence-electron chi connectivity index (χ1n) is 9.51. The van der Waals surface area contributed by atoms with Gasteiger partial charge in [0.05, 0.1) is 5.69 Å². The number of fused-ring (bicyclic) bond motifs is 1. The molecule has 1 aliphatic rings. The maximum atomic E-state index is 12.8. The van der Waals surface area contributed by atoms with Gasteiger partial charge in [-0.2, -0.15) is 0 Å². The van der Waals surface area contributed by atoms with Crippen LogP contribution in [0.25, 0.3) is 16.9 Å². The molecule has 0 radical (unpaired) electrons. The van der Waals surface area contributed by atoms with Gasteiger partial charge in [-0.05, 0) is 59.7 Å². The van der Waals surface area contributed by atoms with Crippen LogP contribution in [0.4, 0.5) is 0 Å². The van der Waals surface area contributed by atoms with Gasteiger partial charge in [0.15, 0.2) is 5.78 Å². The summed E-state index contributed by atoms with van der Waals surface area (Å²) >= 11 is 6.09. The second-order valence-electron chi connectivity index (χ2n) is 8.19. The van der Waals surface area contributed by atoms with Crippen molar-refractivity contribution in [3.8, 4) is 16.9 Å². The predicted molar refractivity (Wildman–Crippen MR) is 112 cm³/mol. The van der Waals surface area contributed by atoms with E-state index in [1.165, 1.54) is 5.56 Å². The molecule has 0 saturated carbocycles. The SMILES string of the molecule is CCc1ccc(-n2c(-c3ccc(Cl)cc3)cc3c2CC(C)(C)CC3=O)cc1. The summed E-state index contributed by atoms with van der Waals surface area (Å²) < 4.78 is 2.26. The van der Waals surface area contributed by atoms with E-state index >= 15 is 0 Å². The maximum absolute atomic E-state index is 12.8. The van der Waals surface area contributed by atoms with Gasteiger partial charge in [-0.1, -0.05) is 56.6 Å². The van der Waals surface area contributed by atoms with Crippen molar-refractivity contribution in [2.24, 2.45) is 5.41 Å². The standard InChI is InChI=1S/C24H24ClNO/c1-4-16-5-11-19(12-6-16)26-21(17-7-9-18(25)10-8-17)13-20-22(26)14-24(2,3)15-23(20)27/h5-13H,4,14-15H2,1-3H3. The minimum Gasteiger partial charge on any atom is -0.313 e. The largest absolute Gasteiger partial charge is 0.313 e. The van der Waals surface area contributed by atoms with Crippen LogP contribution in [0.1, 0.15) is 48.8 Å². The Morgan fingerprint density at radius 2 is 1.67 bits per heavy atom. The van der Waals surface area contributed by atoms with Crippen LogP contribution in [0.2, 0.25) is 5.02 Å². The van der Waals surface area contributed by atoms with Crippen molar-refractivity contribution in [2.75, 3.05) is 0 Å². The predicted octanol–water partition coefficient (Wildman–Crippen LogP) is 6.52. The number of aromatic nitrogens is 1. The van der Waals surface area contributed by atoms with E-state index in [0.29, 0.717) is 11.4 Å². The third-order valence-corrected chi connectivity index (χ3v) is 5.68. The molecule has 0 unspecified atom stereocenters. The van der Waals surface area contributed by atoms with Crippen molar-refractivity contribution in [1.29, 1.82) is 0 Å². The first-order chi connectivity index (χ1) is 12.9. The molecule has 27 heavy (non-hydrogen) atoms. The molecule has 1 aromatic heterocycles. The van der Waals surface area contributed by atoms with Gasteiger partial charge in [0, 0.05) is 28.4 Å². The van der Waals surface area contributed by atoms with Gasteiger partial charge in [0.2, 0.25) is 0 Å². The lowest BCUT2D eigenvalue weighted by atomic mass is 9.76. The number of halogens is 1.